The second-order valence-electron chi connectivity index (χ2n) is 1.03. The van der Waals surface area contributed by atoms with Crippen LogP contribution in [0.1, 0.15) is 0 Å². The summed E-state index contributed by atoms with van der Waals surface area (Å²) in [6.45, 7) is 0. The molecule has 0 saturated carbocycles. The molecule has 0 spiro atoms. The van der Waals surface area contributed by atoms with Gasteiger partial charge in [0.2, 0.25) is 0 Å². The Labute approximate surface area is 65.9 Å². The maximum atomic E-state index is 10.9. The van der Waals surface area contributed by atoms with Crippen LogP contribution in [0.4, 0.5) is 17.7 Å². The monoisotopic (exact) mass is 175 g/mol. The average molecular weight is 175 g/mol. The molecule has 0 unspecified atom stereocenters. The normalized spacial score (nSPS) is 12.4. The molecule has 0 aliphatic rings. The number of sulfonamides is 1. The summed E-state index contributed by atoms with van der Waals surface area (Å²) in [5.74, 6) is 0. The van der Waals surface area contributed by atoms with Gasteiger partial charge in [0.05, 0.1) is 0 Å². The summed E-state index contributed by atoms with van der Waals surface area (Å²) in [6, 6.07) is 0. The van der Waals surface area contributed by atoms with E-state index in [1.54, 1.807) is 0 Å². The first-order valence-electron chi connectivity index (χ1n) is 1.50. The summed E-state index contributed by atoms with van der Waals surface area (Å²) in [5, 5.41) is 0. The van der Waals surface area contributed by atoms with Crippen molar-refractivity contribution in [2.75, 3.05) is 0 Å². The van der Waals surface area contributed by atoms with E-state index in [0.717, 1.165) is 0 Å². The van der Waals surface area contributed by atoms with Gasteiger partial charge in [-0.3, -0.25) is 0 Å². The van der Waals surface area contributed by atoms with Crippen molar-refractivity contribution >= 4 is 28.9 Å². The first-order chi connectivity index (χ1) is 3.81. The molecule has 58 valence electrons. The van der Waals surface area contributed by atoms with Gasteiger partial charge in [-0.2, -0.15) is 13.2 Å². The third-order valence-corrected chi connectivity index (χ3v) is 1.22. The van der Waals surface area contributed by atoms with Gasteiger partial charge in [0.25, 0.3) is 0 Å². The zero-order valence-electron chi connectivity index (χ0n) is 3.74. The molecular weight excluding hydrogens is 173 g/mol. The van der Waals surface area contributed by atoms with Crippen LogP contribution in [0.3, 0.4) is 0 Å². The van der Waals surface area contributed by atoms with E-state index in [4.69, 9.17) is 0 Å². The molecule has 0 rings (SSSR count). The molecular formula is CH2F4LiNO2S. The van der Waals surface area contributed by atoms with Crippen LogP contribution in [0.5, 0.6) is 0 Å². The molecule has 0 atom stereocenters. The van der Waals surface area contributed by atoms with E-state index in [0.29, 0.717) is 0 Å². The zero-order chi connectivity index (χ0) is 7.71. The molecule has 0 saturated heterocycles. The van der Waals surface area contributed by atoms with E-state index in [-0.39, 0.29) is 23.8 Å². The second kappa shape index (κ2) is 3.57. The molecule has 0 aliphatic heterocycles. The van der Waals surface area contributed by atoms with Crippen LogP contribution in [0.15, 0.2) is 0 Å². The Morgan fingerprint density at radius 2 is 1.50 bits per heavy atom. The van der Waals surface area contributed by atoms with Crippen molar-refractivity contribution < 1.29 is 26.1 Å². The van der Waals surface area contributed by atoms with Crippen LogP contribution in [0.25, 0.3) is 0 Å². The summed E-state index contributed by atoms with van der Waals surface area (Å²) in [4.78, 5) is -0.372. The molecule has 0 bridgehead atoms. The molecule has 0 aliphatic carbocycles. The number of hydrogen-bond donors (Lipinski definition) is 1. The van der Waals surface area contributed by atoms with Gasteiger partial charge in [0, 0.05) is 0 Å². The van der Waals surface area contributed by atoms with Crippen molar-refractivity contribution in [2.24, 2.45) is 0 Å². The molecule has 0 amide bonds. The SMILES string of the molecule is O=S(=O)(NF)C(F)(F)F.[LiH]. The van der Waals surface area contributed by atoms with Gasteiger partial charge >= 0.3 is 34.4 Å². The third-order valence-electron chi connectivity index (χ3n) is 0.406. The Bertz CT molecular complexity index is 184. The summed E-state index contributed by atoms with van der Waals surface area (Å²) < 4.78 is 62.4. The van der Waals surface area contributed by atoms with Crippen molar-refractivity contribution in [1.29, 1.82) is 0 Å². The molecule has 0 heterocycles. The predicted molar refractivity (Wildman–Crippen MR) is 26.4 cm³/mol. The predicted octanol–water partition coefficient (Wildman–Crippen LogP) is -0.338. The minimum atomic E-state index is -5.75. The van der Waals surface area contributed by atoms with Crippen molar-refractivity contribution in [3.8, 4) is 0 Å². The van der Waals surface area contributed by atoms with Crippen molar-refractivity contribution in [3.63, 3.8) is 0 Å². The molecule has 0 radical (unpaired) electrons. The fourth-order valence-corrected chi connectivity index (χ4v) is 0.131. The molecule has 10 heavy (non-hydrogen) atoms. The molecule has 0 aromatic carbocycles. The number of nitrogens with one attached hydrogen (secondary N) is 1. The molecule has 9 heteroatoms. The second-order valence-corrected chi connectivity index (χ2v) is 2.65. The number of hydrogen-bond acceptors (Lipinski definition) is 2. The molecule has 0 aromatic rings. The van der Waals surface area contributed by atoms with E-state index < -0.39 is 15.5 Å². The van der Waals surface area contributed by atoms with E-state index in [1.807, 2.05) is 0 Å². The van der Waals surface area contributed by atoms with Gasteiger partial charge in [-0.25, -0.2) is 8.42 Å². The fourth-order valence-electron chi connectivity index (χ4n) is 0.0437. The van der Waals surface area contributed by atoms with E-state index >= 15 is 0 Å². The topological polar surface area (TPSA) is 46.2 Å². The van der Waals surface area contributed by atoms with Gasteiger partial charge in [-0.05, 0) is 4.94 Å². The number of rotatable bonds is 1. The van der Waals surface area contributed by atoms with E-state index in [9.17, 15) is 26.1 Å². The Kier molecular flexibility index (Phi) is 4.59. The standard InChI is InChI=1S/CHF4NO2S.Li.H/c2-1(3,4)9(7,8)6-5;;/h6H;;. The average Bonchev–Trinajstić information content (AvgIpc) is 1.64. The summed E-state index contributed by atoms with van der Waals surface area (Å²) in [6.07, 6.45) is 0. The first kappa shape index (κ1) is 12.9. The van der Waals surface area contributed by atoms with Crippen LogP contribution in [-0.4, -0.2) is 32.8 Å². The van der Waals surface area contributed by atoms with Crippen molar-refractivity contribution in [1.82, 2.24) is 4.94 Å². The zero-order valence-corrected chi connectivity index (χ0v) is 4.55. The van der Waals surface area contributed by atoms with Crippen LogP contribution < -0.4 is 4.94 Å². The summed E-state index contributed by atoms with van der Waals surface area (Å²) >= 11 is 0. The van der Waals surface area contributed by atoms with Crippen LogP contribution >= 0.6 is 0 Å². The Balaban J connectivity index is 0. The van der Waals surface area contributed by atoms with Crippen molar-refractivity contribution in [3.05, 3.63) is 0 Å². The Morgan fingerprint density at radius 3 is 1.50 bits per heavy atom. The molecule has 0 fully saturated rings. The van der Waals surface area contributed by atoms with E-state index in [1.165, 1.54) is 0 Å². The van der Waals surface area contributed by atoms with Gasteiger partial charge < -0.3 is 0 Å². The van der Waals surface area contributed by atoms with Crippen molar-refractivity contribution in [2.45, 2.75) is 5.51 Å². The third kappa shape index (κ3) is 2.87. The number of halogens is 4. The Hall–Kier alpha value is 0.227. The Morgan fingerprint density at radius 1 is 1.20 bits per heavy atom. The minimum absolute atomic E-state index is 0. The number of alkyl halides is 3. The van der Waals surface area contributed by atoms with Gasteiger partial charge in [-0.1, -0.05) is 0 Å². The molecule has 0 aromatic heterocycles. The summed E-state index contributed by atoms with van der Waals surface area (Å²) in [5.41, 5.74) is -5.57. The first-order valence-corrected chi connectivity index (χ1v) is 2.98. The van der Waals surface area contributed by atoms with Gasteiger partial charge in [-0.15, -0.1) is 4.48 Å². The van der Waals surface area contributed by atoms with Crippen LogP contribution in [0, 0.1) is 0 Å². The van der Waals surface area contributed by atoms with E-state index in [2.05, 4.69) is 0 Å². The van der Waals surface area contributed by atoms with Crippen LogP contribution in [-0.2, 0) is 10.0 Å². The fraction of sp³-hybridized carbons (Fsp3) is 1.00. The van der Waals surface area contributed by atoms with Gasteiger partial charge in [0.15, 0.2) is 0 Å². The van der Waals surface area contributed by atoms with Crippen LogP contribution in [0.2, 0.25) is 0 Å². The maximum absolute atomic E-state index is 10.9. The van der Waals surface area contributed by atoms with Gasteiger partial charge in [0.1, 0.15) is 0 Å². The quantitative estimate of drug-likeness (QED) is 0.336. The molecule has 1 N–H and O–H groups in total. The summed E-state index contributed by atoms with van der Waals surface area (Å²) in [7, 11) is -5.75. The molecule has 3 nitrogen and oxygen atoms in total.